The van der Waals surface area contributed by atoms with Crippen LogP contribution in [0.2, 0.25) is 0 Å². The molecule has 6 aromatic carbocycles. The van der Waals surface area contributed by atoms with E-state index in [2.05, 4.69) is 21.3 Å². The van der Waals surface area contributed by atoms with E-state index in [1.165, 1.54) is 0 Å². The summed E-state index contributed by atoms with van der Waals surface area (Å²) < 4.78 is 0. The van der Waals surface area contributed by atoms with Gasteiger partial charge in [0.1, 0.15) is 0 Å². The van der Waals surface area contributed by atoms with Gasteiger partial charge in [0.05, 0.1) is 45.0 Å². The van der Waals surface area contributed by atoms with Crippen molar-refractivity contribution in [2.45, 2.75) is 55.4 Å². The zero-order valence-electron chi connectivity index (χ0n) is 31.1. The van der Waals surface area contributed by atoms with Gasteiger partial charge in [0.15, 0.2) is 11.6 Å². The van der Waals surface area contributed by atoms with Gasteiger partial charge in [0.2, 0.25) is 0 Å². The lowest BCUT2D eigenvalue weighted by Crippen LogP contribution is -2.26. The maximum Gasteiger partial charge on any atom is 0.198 e. The molecule has 0 spiro atoms. The minimum Gasteiger partial charge on any atom is -0.354 e. The number of para-hydroxylation sites is 4. The molecule has 0 heterocycles. The van der Waals surface area contributed by atoms with Crippen molar-refractivity contribution in [3.8, 4) is 0 Å². The fourth-order valence-corrected chi connectivity index (χ4v) is 7.40. The Morgan fingerprint density at radius 3 is 0.635 bits per heavy atom. The van der Waals surface area contributed by atoms with E-state index in [4.69, 9.17) is 0 Å². The lowest BCUT2D eigenvalue weighted by atomic mass is 9.80. The molecule has 52 heavy (non-hydrogen) atoms. The van der Waals surface area contributed by atoms with Crippen LogP contribution in [0.15, 0.2) is 97.1 Å². The predicted octanol–water partition coefficient (Wildman–Crippen LogP) is 11.9. The second-order valence-corrected chi connectivity index (χ2v) is 14.0. The van der Waals surface area contributed by atoms with E-state index in [1.54, 1.807) is 0 Å². The predicted molar refractivity (Wildman–Crippen MR) is 217 cm³/mol. The summed E-state index contributed by atoms with van der Waals surface area (Å²) in [7, 11) is 0. The smallest absolute Gasteiger partial charge is 0.198 e. The van der Waals surface area contributed by atoms with Crippen molar-refractivity contribution in [1.82, 2.24) is 0 Å². The number of carbonyl (C=O) groups excluding carboxylic acids is 2. The van der Waals surface area contributed by atoms with E-state index in [0.29, 0.717) is 45.0 Å². The Kier molecular flexibility index (Phi) is 8.93. The highest BCUT2D eigenvalue weighted by Crippen LogP contribution is 2.45. The maximum absolute atomic E-state index is 15.4. The van der Waals surface area contributed by atoms with E-state index in [-0.39, 0.29) is 11.6 Å². The van der Waals surface area contributed by atoms with Crippen molar-refractivity contribution in [3.63, 3.8) is 0 Å². The second-order valence-electron chi connectivity index (χ2n) is 14.0. The zero-order valence-corrected chi connectivity index (χ0v) is 31.1. The Morgan fingerprint density at radius 1 is 0.288 bits per heavy atom. The molecule has 6 heteroatoms. The molecule has 4 N–H and O–H groups in total. The summed E-state index contributed by atoms with van der Waals surface area (Å²) in [6.07, 6.45) is 0. The SMILES string of the molecule is Cc1cccc(C)c1Nc1ccc(Nc2c(C)cccc2C)c2c1C(=O)c1c(Nc3c(C)cccc3C)ccc(Nc3c(C)cccc3C)c1C2=O. The number of nitrogens with one attached hydrogen (secondary N) is 4. The topological polar surface area (TPSA) is 82.3 Å². The molecule has 0 bridgehead atoms. The minimum absolute atomic E-state index is 0.234. The van der Waals surface area contributed by atoms with Crippen molar-refractivity contribution >= 4 is 57.1 Å². The lowest BCUT2D eigenvalue weighted by molar-refractivity contribution is 0.0981. The van der Waals surface area contributed by atoms with Crippen molar-refractivity contribution in [1.29, 1.82) is 0 Å². The van der Waals surface area contributed by atoms with Crippen LogP contribution in [0.4, 0.5) is 45.5 Å². The van der Waals surface area contributed by atoms with Gasteiger partial charge in [0, 0.05) is 22.7 Å². The largest absolute Gasteiger partial charge is 0.354 e. The van der Waals surface area contributed by atoms with E-state index in [0.717, 1.165) is 67.3 Å². The average Bonchev–Trinajstić information content (AvgIpc) is 3.10. The normalized spacial score (nSPS) is 11.9. The van der Waals surface area contributed by atoms with Crippen molar-refractivity contribution < 1.29 is 9.59 Å². The first-order chi connectivity index (χ1) is 24.9. The molecular weight excluding hydrogens is 641 g/mol. The van der Waals surface area contributed by atoms with Crippen LogP contribution in [0.5, 0.6) is 0 Å². The Labute approximate surface area is 306 Å². The molecule has 260 valence electrons. The highest BCUT2D eigenvalue weighted by molar-refractivity contribution is 6.35. The minimum atomic E-state index is -0.234. The number of benzene rings is 6. The van der Waals surface area contributed by atoms with E-state index in [1.807, 2.05) is 152 Å². The molecule has 0 aliphatic heterocycles. The van der Waals surface area contributed by atoms with Crippen LogP contribution in [-0.2, 0) is 0 Å². The molecule has 0 radical (unpaired) electrons. The summed E-state index contributed by atoms with van der Waals surface area (Å²) in [6, 6.07) is 32.0. The number of fused-ring (bicyclic) bond motifs is 2. The third-order valence-corrected chi connectivity index (χ3v) is 10.3. The maximum atomic E-state index is 15.4. The standard InChI is InChI=1S/C46H44N4O2/c1-25-13-9-14-26(2)41(25)47-33-21-22-34(48-42-27(3)15-10-16-28(42)4)38-37(33)45(51)39-35(49-43-29(5)17-11-18-30(43)6)23-24-36(40(39)46(38)52)50-44-31(7)19-12-20-32(44)8/h9-24,47-50H,1-8H3. The van der Waals surface area contributed by atoms with E-state index >= 15 is 9.59 Å². The summed E-state index contributed by atoms with van der Waals surface area (Å²) in [5, 5.41) is 14.3. The highest BCUT2D eigenvalue weighted by Gasteiger charge is 2.38. The molecule has 6 nitrogen and oxygen atoms in total. The first-order valence-electron chi connectivity index (χ1n) is 17.7. The summed E-state index contributed by atoms with van der Waals surface area (Å²) in [5.41, 5.74) is 15.6. The van der Waals surface area contributed by atoms with Gasteiger partial charge in [-0.2, -0.15) is 0 Å². The van der Waals surface area contributed by atoms with Crippen LogP contribution < -0.4 is 21.3 Å². The summed E-state index contributed by atoms with van der Waals surface area (Å²) in [6.45, 7) is 16.3. The molecule has 0 unspecified atom stereocenters. The molecule has 0 fully saturated rings. The van der Waals surface area contributed by atoms with Crippen LogP contribution in [0.25, 0.3) is 0 Å². The quantitative estimate of drug-likeness (QED) is 0.128. The Bertz CT molecular complexity index is 2030. The Balaban J connectivity index is 1.49. The van der Waals surface area contributed by atoms with Gasteiger partial charge in [-0.3, -0.25) is 9.59 Å². The van der Waals surface area contributed by atoms with Crippen LogP contribution in [-0.4, -0.2) is 11.6 Å². The molecule has 0 saturated carbocycles. The molecule has 6 aromatic rings. The number of rotatable bonds is 8. The number of ketones is 2. The molecule has 0 aromatic heterocycles. The third kappa shape index (κ3) is 6.00. The second kappa shape index (κ2) is 13.5. The molecule has 7 rings (SSSR count). The Hall–Kier alpha value is -6.14. The first-order valence-corrected chi connectivity index (χ1v) is 17.7. The van der Waals surface area contributed by atoms with Crippen LogP contribution in [0, 0.1) is 55.4 Å². The third-order valence-electron chi connectivity index (χ3n) is 10.3. The van der Waals surface area contributed by atoms with E-state index in [9.17, 15) is 0 Å². The van der Waals surface area contributed by atoms with Gasteiger partial charge in [-0.25, -0.2) is 0 Å². The number of aryl methyl sites for hydroxylation is 8. The number of carbonyl (C=O) groups is 2. The average molecular weight is 685 g/mol. The molecule has 1 aliphatic rings. The molecule has 1 aliphatic carbocycles. The molecule has 0 amide bonds. The van der Waals surface area contributed by atoms with E-state index < -0.39 is 0 Å². The van der Waals surface area contributed by atoms with Crippen molar-refractivity contribution in [2.75, 3.05) is 21.3 Å². The van der Waals surface area contributed by atoms with Gasteiger partial charge in [0.25, 0.3) is 0 Å². The van der Waals surface area contributed by atoms with Crippen molar-refractivity contribution in [3.05, 3.63) is 164 Å². The van der Waals surface area contributed by atoms with Crippen LogP contribution in [0.1, 0.15) is 76.4 Å². The summed E-state index contributed by atoms with van der Waals surface area (Å²) in [5.74, 6) is -0.468. The number of hydrogen-bond acceptors (Lipinski definition) is 6. The molecule has 0 atom stereocenters. The summed E-state index contributed by atoms with van der Waals surface area (Å²) in [4.78, 5) is 30.8. The molecular formula is C46H44N4O2. The van der Waals surface area contributed by atoms with Crippen LogP contribution >= 0.6 is 0 Å². The van der Waals surface area contributed by atoms with Gasteiger partial charge in [-0.15, -0.1) is 0 Å². The van der Waals surface area contributed by atoms with Gasteiger partial charge >= 0.3 is 0 Å². The summed E-state index contributed by atoms with van der Waals surface area (Å²) >= 11 is 0. The molecule has 0 saturated heterocycles. The van der Waals surface area contributed by atoms with Gasteiger partial charge in [-0.05, 0) is 124 Å². The highest BCUT2D eigenvalue weighted by atomic mass is 16.1. The number of hydrogen-bond donors (Lipinski definition) is 4. The van der Waals surface area contributed by atoms with Gasteiger partial charge < -0.3 is 21.3 Å². The number of anilines is 8. The van der Waals surface area contributed by atoms with Crippen molar-refractivity contribution in [2.24, 2.45) is 0 Å². The Morgan fingerprint density at radius 2 is 0.462 bits per heavy atom. The first kappa shape index (κ1) is 34.3. The monoisotopic (exact) mass is 684 g/mol. The lowest BCUT2D eigenvalue weighted by Gasteiger charge is -2.29. The fourth-order valence-electron chi connectivity index (χ4n) is 7.40. The van der Waals surface area contributed by atoms with Gasteiger partial charge in [-0.1, -0.05) is 72.8 Å². The van der Waals surface area contributed by atoms with Crippen LogP contribution in [0.3, 0.4) is 0 Å². The fraction of sp³-hybridized carbons (Fsp3) is 0.174. The zero-order chi connectivity index (χ0) is 36.8.